The lowest BCUT2D eigenvalue weighted by Gasteiger charge is -2.15. The first kappa shape index (κ1) is 28.7. The van der Waals surface area contributed by atoms with Gasteiger partial charge in [0.15, 0.2) is 6.29 Å². The molecular weight excluding hydrogens is 529 g/mol. The average molecular weight is 563 g/mol. The quantitative estimate of drug-likeness (QED) is 0.222. The molecule has 4 nitrogen and oxygen atoms in total. The number of rotatable bonds is 8. The Balaban J connectivity index is 0.000000181. The predicted octanol–water partition coefficient (Wildman–Crippen LogP) is 7.84. The minimum atomic E-state index is 0.327. The molecule has 0 aliphatic carbocycles. The second-order valence-corrected chi connectivity index (χ2v) is 10.6. The molecule has 0 saturated heterocycles. The number of benzene rings is 4. The molecule has 5 rings (SSSR count). The van der Waals surface area contributed by atoms with Gasteiger partial charge in [-0.15, -0.1) is 0 Å². The number of fused-ring (bicyclic) bond motifs is 1. The van der Waals surface area contributed by atoms with Crippen LogP contribution in [0.2, 0.25) is 10.0 Å². The van der Waals surface area contributed by atoms with Gasteiger partial charge in [-0.2, -0.15) is 0 Å². The van der Waals surface area contributed by atoms with Crippen molar-refractivity contribution in [3.63, 3.8) is 0 Å². The van der Waals surface area contributed by atoms with Crippen molar-refractivity contribution in [2.24, 2.45) is 5.92 Å². The first-order valence-electron chi connectivity index (χ1n) is 13.1. The van der Waals surface area contributed by atoms with E-state index in [1.165, 1.54) is 16.7 Å². The monoisotopic (exact) mass is 561 g/mol. The summed E-state index contributed by atoms with van der Waals surface area (Å²) in [6.07, 6.45) is 2.69. The molecule has 1 heterocycles. The van der Waals surface area contributed by atoms with Crippen molar-refractivity contribution < 1.29 is 14.3 Å². The van der Waals surface area contributed by atoms with Crippen LogP contribution in [0.1, 0.15) is 34.0 Å². The summed E-state index contributed by atoms with van der Waals surface area (Å²) in [6, 6.07) is 31.6. The number of para-hydroxylation sites is 2. The van der Waals surface area contributed by atoms with Gasteiger partial charge in [-0.3, -0.25) is 4.79 Å². The van der Waals surface area contributed by atoms with Gasteiger partial charge in [0.1, 0.15) is 18.1 Å². The van der Waals surface area contributed by atoms with E-state index in [-0.39, 0.29) is 0 Å². The standard InChI is InChI=1S/C17H17ClO2.C16H16ClNO/c1-13(10-14-6-8-16(18)9-7-14)12-20-17-5-3-2-4-15(17)11-19;17-14-7-5-12(6-8-14)9-15-11-19-16-4-2-1-3-13(16)10-18-15/h2-9,11,13H,10,12H2,1H3;1-8,15,18H,9-11H2. The highest BCUT2D eigenvalue weighted by molar-refractivity contribution is 6.30. The molecular formula is C33H33Cl2NO3. The molecule has 4 aromatic carbocycles. The van der Waals surface area contributed by atoms with Gasteiger partial charge in [0.05, 0.1) is 12.2 Å². The van der Waals surface area contributed by atoms with Crippen molar-refractivity contribution in [1.29, 1.82) is 0 Å². The summed E-state index contributed by atoms with van der Waals surface area (Å²) in [5.41, 5.74) is 4.32. The zero-order chi connectivity index (χ0) is 27.5. The molecule has 0 bridgehead atoms. The highest BCUT2D eigenvalue weighted by atomic mass is 35.5. The highest BCUT2D eigenvalue weighted by Crippen LogP contribution is 2.22. The van der Waals surface area contributed by atoms with Crippen molar-refractivity contribution in [2.75, 3.05) is 13.2 Å². The second-order valence-electron chi connectivity index (χ2n) is 9.73. The van der Waals surface area contributed by atoms with Crippen LogP contribution in [0, 0.1) is 5.92 Å². The molecule has 1 aliphatic rings. The maximum atomic E-state index is 10.9. The summed E-state index contributed by atoms with van der Waals surface area (Å²) in [4.78, 5) is 10.9. The predicted molar refractivity (Wildman–Crippen MR) is 159 cm³/mol. The molecule has 6 heteroatoms. The number of halogens is 2. The normalized spacial score (nSPS) is 15.0. The third kappa shape index (κ3) is 9.14. The van der Waals surface area contributed by atoms with Crippen molar-refractivity contribution in [3.05, 3.63) is 129 Å². The number of ether oxygens (including phenoxy) is 2. The Morgan fingerprint density at radius 2 is 1.54 bits per heavy atom. The molecule has 0 fully saturated rings. The van der Waals surface area contributed by atoms with Crippen molar-refractivity contribution >= 4 is 29.5 Å². The lowest BCUT2D eigenvalue weighted by Crippen LogP contribution is -2.34. The number of hydrogen-bond donors (Lipinski definition) is 1. The summed E-state index contributed by atoms with van der Waals surface area (Å²) in [6.45, 7) is 4.25. The first-order valence-corrected chi connectivity index (χ1v) is 13.9. The minimum absolute atomic E-state index is 0.327. The SMILES string of the molecule is CC(COc1ccccc1C=O)Cc1ccc(Cl)cc1.Clc1ccc(CC2COc3ccccc3CN2)cc1. The maximum Gasteiger partial charge on any atom is 0.153 e. The molecule has 0 amide bonds. The van der Waals surface area contributed by atoms with E-state index in [1.54, 1.807) is 6.07 Å². The minimum Gasteiger partial charge on any atom is -0.493 e. The Labute approximate surface area is 240 Å². The van der Waals surface area contributed by atoms with Gasteiger partial charge in [-0.25, -0.2) is 0 Å². The average Bonchev–Trinajstić information content (AvgIpc) is 3.17. The molecule has 0 spiro atoms. The number of aldehydes is 1. The van der Waals surface area contributed by atoms with Crippen molar-refractivity contribution in [2.45, 2.75) is 32.4 Å². The van der Waals surface area contributed by atoms with Crippen LogP contribution in [0.5, 0.6) is 11.5 Å². The zero-order valence-corrected chi connectivity index (χ0v) is 23.5. The van der Waals surface area contributed by atoms with Gasteiger partial charge < -0.3 is 14.8 Å². The van der Waals surface area contributed by atoms with Crippen LogP contribution in [0.25, 0.3) is 0 Å². The van der Waals surface area contributed by atoms with E-state index in [9.17, 15) is 4.79 Å². The van der Waals surface area contributed by atoms with Crippen LogP contribution in [-0.2, 0) is 19.4 Å². The Kier molecular flexibility index (Phi) is 10.8. The zero-order valence-electron chi connectivity index (χ0n) is 22.0. The van der Waals surface area contributed by atoms with E-state index in [0.29, 0.717) is 36.5 Å². The molecule has 0 aromatic heterocycles. The van der Waals surface area contributed by atoms with Gasteiger partial charge in [-0.1, -0.05) is 84.7 Å². The van der Waals surface area contributed by atoms with Crippen molar-refractivity contribution in [1.82, 2.24) is 5.32 Å². The molecule has 39 heavy (non-hydrogen) atoms. The molecule has 4 aromatic rings. The number of nitrogens with one attached hydrogen (secondary N) is 1. The van der Waals surface area contributed by atoms with Crippen LogP contribution >= 0.6 is 23.2 Å². The fraction of sp³-hybridized carbons (Fsp3) is 0.242. The van der Waals surface area contributed by atoms with Crippen LogP contribution in [0.3, 0.4) is 0 Å². The van der Waals surface area contributed by atoms with Gasteiger partial charge >= 0.3 is 0 Å². The van der Waals surface area contributed by atoms with E-state index in [0.717, 1.165) is 41.5 Å². The topological polar surface area (TPSA) is 47.6 Å². The van der Waals surface area contributed by atoms with E-state index in [1.807, 2.05) is 72.8 Å². The van der Waals surface area contributed by atoms with Crippen LogP contribution in [0.4, 0.5) is 0 Å². The molecule has 0 radical (unpaired) electrons. The molecule has 1 N–H and O–H groups in total. The first-order chi connectivity index (χ1) is 19.0. The third-order valence-corrected chi connectivity index (χ3v) is 6.96. The largest absolute Gasteiger partial charge is 0.493 e. The molecule has 202 valence electrons. The van der Waals surface area contributed by atoms with E-state index < -0.39 is 0 Å². The maximum absolute atomic E-state index is 10.9. The van der Waals surface area contributed by atoms with Crippen molar-refractivity contribution in [3.8, 4) is 11.5 Å². The molecule has 0 saturated carbocycles. The molecule has 1 aliphatic heterocycles. The van der Waals surface area contributed by atoms with Crippen LogP contribution < -0.4 is 14.8 Å². The second kappa shape index (κ2) is 14.7. The number of carbonyl (C=O) groups excluding carboxylic acids is 1. The van der Waals surface area contributed by atoms with Gasteiger partial charge in [0.2, 0.25) is 0 Å². The highest BCUT2D eigenvalue weighted by Gasteiger charge is 2.16. The Bertz CT molecular complexity index is 1300. The number of carbonyl (C=O) groups is 1. The van der Waals surface area contributed by atoms with E-state index in [2.05, 4.69) is 30.4 Å². The fourth-order valence-electron chi connectivity index (χ4n) is 4.35. The Morgan fingerprint density at radius 1 is 0.897 bits per heavy atom. The Morgan fingerprint density at radius 3 is 2.26 bits per heavy atom. The molecule has 2 atom stereocenters. The summed E-state index contributed by atoms with van der Waals surface area (Å²) in [7, 11) is 0. The Hall–Kier alpha value is -3.31. The third-order valence-electron chi connectivity index (χ3n) is 6.46. The van der Waals surface area contributed by atoms with E-state index >= 15 is 0 Å². The fourth-order valence-corrected chi connectivity index (χ4v) is 4.61. The van der Waals surface area contributed by atoms with E-state index in [4.69, 9.17) is 32.7 Å². The number of hydrogen-bond acceptors (Lipinski definition) is 4. The van der Waals surface area contributed by atoms with Gasteiger partial charge in [0.25, 0.3) is 0 Å². The van der Waals surface area contributed by atoms with Gasteiger partial charge in [0, 0.05) is 28.2 Å². The van der Waals surface area contributed by atoms with Gasteiger partial charge in [-0.05, 0) is 72.4 Å². The summed E-state index contributed by atoms with van der Waals surface area (Å²) < 4.78 is 11.6. The molecule has 2 unspecified atom stereocenters. The summed E-state index contributed by atoms with van der Waals surface area (Å²) in [5.74, 6) is 2.00. The lowest BCUT2D eigenvalue weighted by atomic mass is 10.0. The summed E-state index contributed by atoms with van der Waals surface area (Å²) >= 11 is 11.8. The smallest absolute Gasteiger partial charge is 0.153 e. The summed E-state index contributed by atoms with van der Waals surface area (Å²) in [5, 5.41) is 5.07. The van der Waals surface area contributed by atoms with Crippen LogP contribution in [0.15, 0.2) is 97.1 Å². The van der Waals surface area contributed by atoms with Crippen LogP contribution in [-0.4, -0.2) is 25.5 Å². The lowest BCUT2D eigenvalue weighted by molar-refractivity contribution is 0.111.